The molecule has 1 aromatic carbocycles. The number of nitrogens with one attached hydrogen (secondary N) is 1. The first-order valence-corrected chi connectivity index (χ1v) is 9.52. The van der Waals surface area contributed by atoms with Crippen molar-refractivity contribution in [3.05, 3.63) is 66.4 Å². The predicted molar refractivity (Wildman–Crippen MR) is 108 cm³/mol. The number of hydrogen-bond donors (Lipinski definition) is 2. The molecule has 0 saturated heterocycles. The number of fused-ring (bicyclic) bond motifs is 1. The maximum atomic E-state index is 13.8. The summed E-state index contributed by atoms with van der Waals surface area (Å²) >= 11 is 0. The molecule has 1 aliphatic rings. The number of ether oxygens (including phenoxy) is 2. The van der Waals surface area contributed by atoms with Crippen LogP contribution in [-0.2, 0) is 4.79 Å². The highest BCUT2D eigenvalue weighted by molar-refractivity contribution is 5.98. The van der Waals surface area contributed by atoms with Crippen molar-refractivity contribution in [3.63, 3.8) is 0 Å². The Morgan fingerprint density at radius 1 is 1.29 bits per heavy atom. The Morgan fingerprint density at radius 3 is 2.90 bits per heavy atom. The van der Waals surface area contributed by atoms with Crippen molar-refractivity contribution >= 4 is 11.7 Å². The van der Waals surface area contributed by atoms with Crippen LogP contribution in [0.2, 0.25) is 0 Å². The van der Waals surface area contributed by atoms with E-state index in [1.807, 2.05) is 0 Å². The van der Waals surface area contributed by atoms with Gasteiger partial charge < -0.3 is 14.6 Å². The van der Waals surface area contributed by atoms with Gasteiger partial charge in [0, 0.05) is 19.3 Å². The molecule has 3 aromatic rings. The van der Waals surface area contributed by atoms with Gasteiger partial charge in [0.2, 0.25) is 5.91 Å². The molecule has 9 nitrogen and oxygen atoms in total. The van der Waals surface area contributed by atoms with Crippen LogP contribution in [-0.4, -0.2) is 45.4 Å². The molecule has 0 spiro atoms. The first-order valence-electron chi connectivity index (χ1n) is 9.52. The van der Waals surface area contributed by atoms with Gasteiger partial charge in [0.25, 0.3) is 0 Å². The van der Waals surface area contributed by atoms with Crippen LogP contribution in [0.3, 0.4) is 0 Å². The fraction of sp³-hybridized carbons (Fsp3) is 0.238. The molecule has 0 radical (unpaired) electrons. The quantitative estimate of drug-likeness (QED) is 0.599. The summed E-state index contributed by atoms with van der Waals surface area (Å²) in [5.74, 6) is 0.169. The van der Waals surface area contributed by atoms with E-state index in [2.05, 4.69) is 20.5 Å². The highest BCUT2D eigenvalue weighted by atomic mass is 19.1. The molecule has 31 heavy (non-hydrogen) atoms. The molecule has 0 aliphatic carbocycles. The van der Waals surface area contributed by atoms with Crippen LogP contribution in [0, 0.1) is 5.82 Å². The standard InChI is InChI=1S/C21H20FN5O4/c1-12-18(21(29)27(2)19-17(30-12)8-5-9-23-19)25-20(28)15-10-13(11-24-26-15)31-16-7-4-3-6-14(16)22/h3-12,18,20,25,28H,1-2H3/t12-,18+,20?/m1/s1. The van der Waals surface area contributed by atoms with Gasteiger partial charge in [0.05, 0.1) is 6.20 Å². The molecule has 10 heteroatoms. The Morgan fingerprint density at radius 2 is 2.10 bits per heavy atom. The van der Waals surface area contributed by atoms with Gasteiger partial charge in [-0.25, -0.2) is 9.37 Å². The van der Waals surface area contributed by atoms with Crippen molar-refractivity contribution in [3.8, 4) is 17.2 Å². The van der Waals surface area contributed by atoms with E-state index in [0.717, 1.165) is 0 Å². The van der Waals surface area contributed by atoms with Crippen LogP contribution in [0.15, 0.2) is 54.9 Å². The lowest BCUT2D eigenvalue weighted by atomic mass is 10.1. The third-order valence-electron chi connectivity index (χ3n) is 4.78. The van der Waals surface area contributed by atoms with Gasteiger partial charge in [-0.05, 0) is 31.2 Å². The zero-order chi connectivity index (χ0) is 22.0. The summed E-state index contributed by atoms with van der Waals surface area (Å²) in [7, 11) is 1.58. The number of halogens is 1. The molecule has 0 saturated carbocycles. The molecule has 160 valence electrons. The van der Waals surface area contributed by atoms with Crippen LogP contribution >= 0.6 is 0 Å². The van der Waals surface area contributed by atoms with Gasteiger partial charge in [-0.15, -0.1) is 0 Å². The van der Waals surface area contributed by atoms with Crippen molar-refractivity contribution < 1.29 is 23.8 Å². The fourth-order valence-corrected chi connectivity index (χ4v) is 3.18. The van der Waals surface area contributed by atoms with Crippen molar-refractivity contribution in [2.75, 3.05) is 11.9 Å². The molecule has 2 aromatic heterocycles. The highest BCUT2D eigenvalue weighted by Crippen LogP contribution is 2.30. The number of nitrogens with zero attached hydrogens (tertiary/aromatic N) is 4. The first-order chi connectivity index (χ1) is 14.9. The molecule has 1 amide bonds. The Balaban J connectivity index is 1.52. The Kier molecular flexibility index (Phi) is 5.74. The number of hydrogen-bond acceptors (Lipinski definition) is 8. The SMILES string of the molecule is C[C@H]1Oc2cccnc2N(C)C(=O)[C@H]1NC(O)c1cc(Oc2ccccc2F)cnn1. The fourth-order valence-electron chi connectivity index (χ4n) is 3.18. The maximum Gasteiger partial charge on any atom is 0.249 e. The highest BCUT2D eigenvalue weighted by Gasteiger charge is 2.36. The largest absolute Gasteiger partial charge is 0.485 e. The molecule has 1 aliphatic heterocycles. The Bertz CT molecular complexity index is 1100. The third-order valence-corrected chi connectivity index (χ3v) is 4.78. The smallest absolute Gasteiger partial charge is 0.249 e. The number of aromatic nitrogens is 3. The van der Waals surface area contributed by atoms with E-state index in [1.54, 1.807) is 44.4 Å². The Labute approximate surface area is 177 Å². The zero-order valence-corrected chi connectivity index (χ0v) is 16.8. The second-order valence-corrected chi connectivity index (χ2v) is 6.94. The van der Waals surface area contributed by atoms with Crippen molar-refractivity contribution in [2.24, 2.45) is 0 Å². The second kappa shape index (κ2) is 8.62. The van der Waals surface area contributed by atoms with E-state index in [4.69, 9.17) is 9.47 Å². The van der Waals surface area contributed by atoms with Gasteiger partial charge in [0.1, 0.15) is 23.6 Å². The summed E-state index contributed by atoms with van der Waals surface area (Å²) in [6, 6.07) is 9.85. The van der Waals surface area contributed by atoms with Gasteiger partial charge >= 0.3 is 0 Å². The van der Waals surface area contributed by atoms with Crippen LogP contribution in [0.1, 0.15) is 18.8 Å². The number of para-hydroxylation sites is 1. The van der Waals surface area contributed by atoms with Crippen LogP contribution < -0.4 is 19.7 Å². The number of anilines is 1. The molecular weight excluding hydrogens is 405 g/mol. The number of pyridine rings is 1. The first kappa shape index (κ1) is 20.6. The molecule has 2 N–H and O–H groups in total. The lowest BCUT2D eigenvalue weighted by molar-refractivity contribution is -0.123. The minimum absolute atomic E-state index is 0.0109. The van der Waals surface area contributed by atoms with E-state index in [9.17, 15) is 14.3 Å². The summed E-state index contributed by atoms with van der Waals surface area (Å²) in [5, 5.41) is 21.2. The van der Waals surface area contributed by atoms with Crippen LogP contribution in [0.25, 0.3) is 0 Å². The van der Waals surface area contributed by atoms with E-state index in [0.29, 0.717) is 11.6 Å². The average Bonchev–Trinajstić information content (AvgIpc) is 2.86. The number of carbonyl (C=O) groups excluding carboxylic acids is 1. The van der Waals surface area contributed by atoms with Crippen molar-refractivity contribution in [1.82, 2.24) is 20.5 Å². The number of benzene rings is 1. The molecule has 1 unspecified atom stereocenters. The lowest BCUT2D eigenvalue weighted by Gasteiger charge is -2.25. The molecular formula is C21H20FN5O4. The molecule has 0 bridgehead atoms. The van der Waals surface area contributed by atoms with E-state index in [-0.39, 0.29) is 23.1 Å². The summed E-state index contributed by atoms with van der Waals surface area (Å²) in [5.41, 5.74) is 0.0939. The van der Waals surface area contributed by atoms with Crippen LogP contribution in [0.4, 0.5) is 10.2 Å². The second-order valence-electron chi connectivity index (χ2n) is 6.94. The van der Waals surface area contributed by atoms with E-state index < -0.39 is 24.2 Å². The van der Waals surface area contributed by atoms with Gasteiger partial charge in [-0.2, -0.15) is 10.2 Å². The van der Waals surface area contributed by atoms with Crippen LogP contribution in [0.5, 0.6) is 17.2 Å². The summed E-state index contributed by atoms with van der Waals surface area (Å²) < 4.78 is 25.2. The zero-order valence-electron chi connectivity index (χ0n) is 16.8. The summed E-state index contributed by atoms with van der Waals surface area (Å²) in [4.78, 5) is 18.5. The number of aliphatic hydroxyl groups is 1. The minimum atomic E-state index is -1.36. The molecule has 4 rings (SSSR count). The average molecular weight is 425 g/mol. The molecule has 3 atom stereocenters. The maximum absolute atomic E-state index is 13.8. The monoisotopic (exact) mass is 425 g/mol. The van der Waals surface area contributed by atoms with Gasteiger partial charge in [-0.1, -0.05) is 12.1 Å². The van der Waals surface area contributed by atoms with E-state index >= 15 is 0 Å². The summed E-state index contributed by atoms with van der Waals surface area (Å²) in [6.45, 7) is 1.71. The Hall–Kier alpha value is -3.63. The normalized spacial score (nSPS) is 19.2. The molecule has 3 heterocycles. The number of carbonyl (C=O) groups is 1. The summed E-state index contributed by atoms with van der Waals surface area (Å²) in [6.07, 6.45) is 0.886. The third kappa shape index (κ3) is 4.30. The number of rotatable bonds is 5. The number of likely N-dealkylation sites (N-methyl/N-ethyl adjacent to an activating group) is 1. The topological polar surface area (TPSA) is 110 Å². The minimum Gasteiger partial charge on any atom is -0.485 e. The molecule has 0 fully saturated rings. The van der Waals surface area contributed by atoms with Gasteiger partial charge in [0.15, 0.2) is 29.4 Å². The van der Waals surface area contributed by atoms with Gasteiger partial charge in [-0.3, -0.25) is 15.0 Å². The lowest BCUT2D eigenvalue weighted by Crippen LogP contribution is -2.52. The number of aliphatic hydroxyl groups excluding tert-OH is 1. The predicted octanol–water partition coefficient (Wildman–Crippen LogP) is 2.20. The van der Waals surface area contributed by atoms with Crippen molar-refractivity contribution in [1.29, 1.82) is 0 Å². The van der Waals surface area contributed by atoms with Crippen molar-refractivity contribution in [2.45, 2.75) is 25.3 Å². The van der Waals surface area contributed by atoms with E-state index in [1.165, 1.54) is 29.3 Å². The number of amides is 1.